The fraction of sp³-hybridized carbons (Fsp3) is 0.350. The minimum absolute atomic E-state index is 0.0421. The van der Waals surface area contributed by atoms with Crippen molar-refractivity contribution in [2.75, 3.05) is 25.2 Å². The number of hydrogen-bond donors (Lipinski definition) is 0. The van der Waals surface area contributed by atoms with Gasteiger partial charge in [-0.25, -0.2) is 8.42 Å². The lowest BCUT2D eigenvalue weighted by Gasteiger charge is -2.23. The molecule has 138 valence electrons. The summed E-state index contributed by atoms with van der Waals surface area (Å²) in [5, 5.41) is 0. The first-order chi connectivity index (χ1) is 12.3. The van der Waals surface area contributed by atoms with Gasteiger partial charge in [-0.2, -0.15) is 0 Å². The second kappa shape index (κ2) is 7.50. The van der Waals surface area contributed by atoms with Crippen molar-refractivity contribution in [1.82, 2.24) is 4.90 Å². The molecule has 1 aliphatic heterocycles. The predicted molar refractivity (Wildman–Crippen MR) is 102 cm³/mol. The molecule has 3 rings (SSSR count). The van der Waals surface area contributed by atoms with Gasteiger partial charge in [-0.1, -0.05) is 42.0 Å². The van der Waals surface area contributed by atoms with Crippen LogP contribution in [0.25, 0.3) is 11.1 Å². The summed E-state index contributed by atoms with van der Waals surface area (Å²) in [5.74, 6) is 0.591. The lowest BCUT2D eigenvalue weighted by Crippen LogP contribution is -2.40. The van der Waals surface area contributed by atoms with Gasteiger partial charge < -0.3 is 9.64 Å². The molecule has 0 aromatic heterocycles. The second-order valence-corrected chi connectivity index (χ2v) is 8.97. The van der Waals surface area contributed by atoms with Crippen molar-refractivity contribution in [3.05, 3.63) is 54.1 Å². The first-order valence-corrected chi connectivity index (χ1v) is 10.4. The molecule has 1 saturated heterocycles. The first kappa shape index (κ1) is 18.5. The van der Waals surface area contributed by atoms with E-state index in [1.165, 1.54) is 10.5 Å². The van der Waals surface area contributed by atoms with Crippen molar-refractivity contribution in [2.45, 2.75) is 19.4 Å². The molecule has 26 heavy (non-hydrogen) atoms. The summed E-state index contributed by atoms with van der Waals surface area (Å²) in [5.41, 5.74) is 3.42. The van der Waals surface area contributed by atoms with Crippen LogP contribution >= 0.6 is 0 Å². The van der Waals surface area contributed by atoms with Crippen LogP contribution in [-0.2, 0) is 14.6 Å². The summed E-state index contributed by atoms with van der Waals surface area (Å²) < 4.78 is 28.7. The molecule has 2 aromatic carbocycles. The molecule has 0 aliphatic carbocycles. The number of hydrogen-bond acceptors (Lipinski definition) is 4. The van der Waals surface area contributed by atoms with Gasteiger partial charge in [0.2, 0.25) is 0 Å². The van der Waals surface area contributed by atoms with E-state index in [9.17, 15) is 13.2 Å². The van der Waals surface area contributed by atoms with Crippen molar-refractivity contribution in [1.29, 1.82) is 0 Å². The summed E-state index contributed by atoms with van der Waals surface area (Å²) in [7, 11) is -1.37. The van der Waals surface area contributed by atoms with Crippen LogP contribution in [-0.4, -0.2) is 50.4 Å². The molecule has 0 bridgehead atoms. The third-order valence-electron chi connectivity index (χ3n) is 4.75. The molecular formula is C20H23NO4S. The Morgan fingerprint density at radius 1 is 1.08 bits per heavy atom. The largest absolute Gasteiger partial charge is 0.484 e. The SMILES string of the molecule is Cc1ccc(-c2ccc(OCC(=O)N(C)C3CCS(=O)(=O)C3)cc2)cc1. The zero-order valence-corrected chi connectivity index (χ0v) is 15.8. The van der Waals surface area contributed by atoms with Crippen LogP contribution in [0.2, 0.25) is 0 Å². The van der Waals surface area contributed by atoms with Crippen LogP contribution in [0.3, 0.4) is 0 Å². The Morgan fingerprint density at radius 2 is 1.65 bits per heavy atom. The molecule has 1 atom stereocenters. The van der Waals surface area contributed by atoms with E-state index in [4.69, 9.17) is 4.74 Å². The van der Waals surface area contributed by atoms with Crippen LogP contribution in [0.15, 0.2) is 48.5 Å². The van der Waals surface area contributed by atoms with Gasteiger partial charge in [0.25, 0.3) is 5.91 Å². The highest BCUT2D eigenvalue weighted by Gasteiger charge is 2.32. The Bertz CT molecular complexity index is 873. The van der Waals surface area contributed by atoms with Crippen LogP contribution in [0.4, 0.5) is 0 Å². The van der Waals surface area contributed by atoms with Gasteiger partial charge in [0.05, 0.1) is 11.5 Å². The molecule has 1 aliphatic rings. The Morgan fingerprint density at radius 3 is 2.19 bits per heavy atom. The topological polar surface area (TPSA) is 63.7 Å². The molecule has 0 spiro atoms. The number of nitrogens with zero attached hydrogens (tertiary/aromatic N) is 1. The van der Waals surface area contributed by atoms with E-state index in [2.05, 4.69) is 31.2 Å². The molecule has 5 nitrogen and oxygen atoms in total. The summed E-state index contributed by atoms with van der Waals surface area (Å²) >= 11 is 0. The molecular weight excluding hydrogens is 350 g/mol. The fourth-order valence-electron chi connectivity index (χ4n) is 3.02. The minimum atomic E-state index is -3.01. The van der Waals surface area contributed by atoms with Gasteiger partial charge in [-0.15, -0.1) is 0 Å². The van der Waals surface area contributed by atoms with E-state index < -0.39 is 9.84 Å². The van der Waals surface area contributed by atoms with Crippen LogP contribution in [0, 0.1) is 6.92 Å². The Hall–Kier alpha value is -2.34. The molecule has 6 heteroatoms. The van der Waals surface area contributed by atoms with Crippen LogP contribution in [0.1, 0.15) is 12.0 Å². The smallest absolute Gasteiger partial charge is 0.260 e. The summed E-state index contributed by atoms with van der Waals surface area (Å²) in [6.45, 7) is 1.95. The van der Waals surface area contributed by atoms with Crippen molar-refractivity contribution in [2.24, 2.45) is 0 Å². The molecule has 1 unspecified atom stereocenters. The fourth-order valence-corrected chi connectivity index (χ4v) is 4.80. The lowest BCUT2D eigenvalue weighted by molar-refractivity contribution is -0.133. The van der Waals surface area contributed by atoms with Crippen molar-refractivity contribution >= 4 is 15.7 Å². The zero-order valence-electron chi connectivity index (χ0n) is 15.0. The summed E-state index contributed by atoms with van der Waals surface area (Å²) in [6, 6.07) is 15.6. The molecule has 0 radical (unpaired) electrons. The normalized spacial score (nSPS) is 18.5. The third-order valence-corrected chi connectivity index (χ3v) is 6.50. The number of aryl methyl sites for hydroxylation is 1. The number of ether oxygens (including phenoxy) is 1. The van der Waals surface area contributed by atoms with Crippen molar-refractivity contribution in [3.8, 4) is 16.9 Å². The molecule has 1 amide bonds. The van der Waals surface area contributed by atoms with E-state index in [1.807, 2.05) is 24.3 Å². The van der Waals surface area contributed by atoms with Crippen molar-refractivity contribution < 1.29 is 17.9 Å². The maximum atomic E-state index is 12.2. The van der Waals surface area contributed by atoms with Gasteiger partial charge in [-0.3, -0.25) is 4.79 Å². The Balaban J connectivity index is 1.56. The van der Waals surface area contributed by atoms with Gasteiger partial charge in [0.1, 0.15) is 5.75 Å². The highest BCUT2D eigenvalue weighted by molar-refractivity contribution is 7.91. The maximum Gasteiger partial charge on any atom is 0.260 e. The van der Waals surface area contributed by atoms with E-state index >= 15 is 0 Å². The third kappa shape index (κ3) is 4.43. The van der Waals surface area contributed by atoms with Crippen LogP contribution in [0.5, 0.6) is 5.75 Å². The predicted octanol–water partition coefficient (Wildman–Crippen LogP) is 2.69. The number of benzene rings is 2. The average molecular weight is 373 g/mol. The molecule has 0 N–H and O–H groups in total. The van der Waals surface area contributed by atoms with Gasteiger partial charge in [0.15, 0.2) is 16.4 Å². The first-order valence-electron chi connectivity index (χ1n) is 8.60. The van der Waals surface area contributed by atoms with E-state index in [1.54, 1.807) is 7.05 Å². The number of rotatable bonds is 5. The number of amides is 1. The zero-order chi connectivity index (χ0) is 18.7. The van der Waals surface area contributed by atoms with E-state index in [0.717, 1.165) is 11.1 Å². The monoisotopic (exact) mass is 373 g/mol. The van der Waals surface area contributed by atoms with E-state index in [0.29, 0.717) is 12.2 Å². The lowest BCUT2D eigenvalue weighted by atomic mass is 10.0. The maximum absolute atomic E-state index is 12.2. The van der Waals surface area contributed by atoms with Crippen LogP contribution < -0.4 is 4.74 Å². The standard InChI is InChI=1S/C20H23NO4S/c1-15-3-5-16(6-4-15)17-7-9-19(10-8-17)25-13-20(22)21(2)18-11-12-26(23,24)14-18/h3-10,18H,11-14H2,1-2H3. The van der Waals surface area contributed by atoms with Crippen molar-refractivity contribution in [3.63, 3.8) is 0 Å². The number of likely N-dealkylation sites (N-methyl/N-ethyl adjacent to an activating group) is 1. The quantitative estimate of drug-likeness (QED) is 0.808. The highest BCUT2D eigenvalue weighted by Crippen LogP contribution is 2.23. The average Bonchev–Trinajstić information content (AvgIpc) is 3.00. The van der Waals surface area contributed by atoms with E-state index in [-0.39, 0.29) is 30.1 Å². The highest BCUT2D eigenvalue weighted by atomic mass is 32.2. The molecule has 2 aromatic rings. The van der Waals surface area contributed by atoms with Gasteiger partial charge in [-0.05, 0) is 36.6 Å². The molecule has 1 heterocycles. The number of carbonyl (C=O) groups is 1. The second-order valence-electron chi connectivity index (χ2n) is 6.74. The van der Waals surface area contributed by atoms with Gasteiger partial charge >= 0.3 is 0 Å². The van der Waals surface area contributed by atoms with Gasteiger partial charge in [0, 0.05) is 13.1 Å². The Kier molecular flexibility index (Phi) is 5.32. The summed E-state index contributed by atoms with van der Waals surface area (Å²) in [6.07, 6.45) is 0.496. The molecule has 0 saturated carbocycles. The Labute approximate surface area is 154 Å². The number of sulfone groups is 1. The minimum Gasteiger partial charge on any atom is -0.484 e. The molecule has 1 fully saturated rings. The number of carbonyl (C=O) groups excluding carboxylic acids is 1. The summed E-state index contributed by atoms with van der Waals surface area (Å²) in [4.78, 5) is 13.7.